The third kappa shape index (κ3) is 2.65. The summed E-state index contributed by atoms with van der Waals surface area (Å²) in [5.74, 6) is 0.289. The second-order valence-electron chi connectivity index (χ2n) is 6.55. The minimum Gasteiger partial charge on any atom is -0.388 e. The Morgan fingerprint density at radius 2 is 1.67 bits per heavy atom. The molecule has 3 nitrogen and oxygen atoms in total. The van der Waals surface area contributed by atoms with E-state index in [1.54, 1.807) is 0 Å². The Bertz CT molecular complexity index is 373. The highest BCUT2D eigenvalue weighted by Crippen LogP contribution is 2.37. The van der Waals surface area contributed by atoms with Gasteiger partial charge in [-0.15, -0.1) is 0 Å². The van der Waals surface area contributed by atoms with Crippen LogP contribution in [0.5, 0.6) is 0 Å². The lowest BCUT2D eigenvalue weighted by Gasteiger charge is -2.34. The molecule has 0 aromatic carbocycles. The zero-order valence-corrected chi connectivity index (χ0v) is 11.6. The van der Waals surface area contributed by atoms with Crippen molar-refractivity contribution in [2.24, 2.45) is 11.3 Å². The van der Waals surface area contributed by atoms with E-state index >= 15 is 0 Å². The van der Waals surface area contributed by atoms with E-state index < -0.39 is 0 Å². The normalized spacial score (nSPS) is 26.3. The van der Waals surface area contributed by atoms with Gasteiger partial charge in [0.15, 0.2) is 11.6 Å². The molecule has 2 fully saturated rings. The molecule has 1 N–H and O–H groups in total. The minimum absolute atomic E-state index is 0.0293. The van der Waals surface area contributed by atoms with Gasteiger partial charge in [-0.3, -0.25) is 9.59 Å². The highest BCUT2D eigenvalue weighted by atomic mass is 16.1. The molecule has 18 heavy (non-hydrogen) atoms. The minimum atomic E-state index is 0.0293. The summed E-state index contributed by atoms with van der Waals surface area (Å²) < 4.78 is 0. The topological polar surface area (TPSA) is 46.2 Å². The number of ketones is 2. The van der Waals surface area contributed by atoms with Crippen LogP contribution >= 0.6 is 0 Å². The Morgan fingerprint density at radius 1 is 1.06 bits per heavy atom. The molecule has 100 valence electrons. The average molecular weight is 249 g/mol. The molecule has 0 amide bonds. The van der Waals surface area contributed by atoms with Crippen LogP contribution < -0.4 is 5.32 Å². The summed E-state index contributed by atoms with van der Waals surface area (Å²) in [6, 6.07) is 0. The van der Waals surface area contributed by atoms with Crippen molar-refractivity contribution in [3.63, 3.8) is 0 Å². The smallest absolute Gasteiger partial charge is 0.168 e. The van der Waals surface area contributed by atoms with E-state index in [4.69, 9.17) is 0 Å². The van der Waals surface area contributed by atoms with Crippen molar-refractivity contribution in [2.75, 3.05) is 6.54 Å². The van der Waals surface area contributed by atoms with Crippen LogP contribution in [0.3, 0.4) is 0 Å². The lowest BCUT2D eigenvalue weighted by molar-refractivity contribution is -0.127. The van der Waals surface area contributed by atoms with Gasteiger partial charge in [0.05, 0.1) is 5.57 Å². The molecule has 3 heteroatoms. The van der Waals surface area contributed by atoms with Gasteiger partial charge in [-0.25, -0.2) is 0 Å². The molecule has 2 aliphatic rings. The molecule has 0 aromatic heterocycles. The number of carbonyl (C=O) groups is 2. The van der Waals surface area contributed by atoms with Gasteiger partial charge in [0.1, 0.15) is 0 Å². The van der Waals surface area contributed by atoms with Crippen LogP contribution in [-0.2, 0) is 9.59 Å². The van der Waals surface area contributed by atoms with E-state index in [9.17, 15) is 9.59 Å². The van der Waals surface area contributed by atoms with Crippen LogP contribution in [0, 0.1) is 11.3 Å². The van der Waals surface area contributed by atoms with Crippen LogP contribution in [0.25, 0.3) is 0 Å². The second-order valence-corrected chi connectivity index (χ2v) is 6.55. The molecule has 1 saturated carbocycles. The van der Waals surface area contributed by atoms with Crippen LogP contribution in [-0.4, -0.2) is 18.1 Å². The van der Waals surface area contributed by atoms with Gasteiger partial charge in [0.2, 0.25) is 0 Å². The van der Waals surface area contributed by atoms with Crippen LogP contribution in [0.1, 0.15) is 52.9 Å². The zero-order chi connectivity index (χ0) is 13.3. The number of nitrogens with one attached hydrogen (secondary N) is 1. The third-order valence-corrected chi connectivity index (χ3v) is 4.14. The number of carbonyl (C=O) groups excluding carboxylic acids is 2. The maximum Gasteiger partial charge on any atom is 0.168 e. The highest BCUT2D eigenvalue weighted by Gasteiger charge is 2.38. The number of allylic oxidation sites excluding steroid dienone is 2. The summed E-state index contributed by atoms with van der Waals surface area (Å²) in [6.45, 7) is 7.21. The van der Waals surface area contributed by atoms with E-state index in [1.807, 2.05) is 0 Å². The van der Waals surface area contributed by atoms with Crippen molar-refractivity contribution >= 4 is 11.6 Å². The van der Waals surface area contributed by atoms with Crippen LogP contribution in [0.15, 0.2) is 11.3 Å². The van der Waals surface area contributed by atoms with E-state index in [0.29, 0.717) is 18.4 Å². The van der Waals surface area contributed by atoms with Gasteiger partial charge < -0.3 is 5.32 Å². The van der Waals surface area contributed by atoms with Crippen molar-refractivity contribution < 1.29 is 9.59 Å². The van der Waals surface area contributed by atoms with Crippen molar-refractivity contribution in [3.05, 3.63) is 11.3 Å². The SMILES string of the molecule is CC(C)(C)C1CC(=O)C(=C2CCCCN2)C(=O)C1. The Balaban J connectivity index is 2.21. The molecule has 0 aromatic rings. The van der Waals surface area contributed by atoms with E-state index in [-0.39, 0.29) is 22.9 Å². The van der Waals surface area contributed by atoms with E-state index in [2.05, 4.69) is 26.1 Å². The summed E-state index contributed by atoms with van der Waals surface area (Å²) in [4.78, 5) is 24.5. The summed E-state index contributed by atoms with van der Waals surface area (Å²) in [5, 5.41) is 3.24. The fraction of sp³-hybridized carbons (Fsp3) is 0.733. The van der Waals surface area contributed by atoms with Crippen LogP contribution in [0.4, 0.5) is 0 Å². The van der Waals surface area contributed by atoms with Gasteiger partial charge >= 0.3 is 0 Å². The number of rotatable bonds is 0. The summed E-state index contributed by atoms with van der Waals surface area (Å²) in [6.07, 6.45) is 4.11. The number of hydrogen-bond acceptors (Lipinski definition) is 3. The molecule has 0 spiro atoms. The summed E-state index contributed by atoms with van der Waals surface area (Å²) in [7, 11) is 0. The summed E-state index contributed by atoms with van der Waals surface area (Å²) in [5.41, 5.74) is 1.42. The first-order valence-corrected chi connectivity index (χ1v) is 6.93. The maximum atomic E-state index is 12.2. The first-order valence-electron chi connectivity index (χ1n) is 6.93. The van der Waals surface area contributed by atoms with Crippen molar-refractivity contribution in [2.45, 2.75) is 52.9 Å². The lowest BCUT2D eigenvalue weighted by Crippen LogP contribution is -2.36. The molecule has 1 saturated heterocycles. The van der Waals surface area contributed by atoms with Gasteiger partial charge in [-0.05, 0) is 30.6 Å². The largest absolute Gasteiger partial charge is 0.388 e. The average Bonchev–Trinajstić information content (AvgIpc) is 2.28. The Morgan fingerprint density at radius 3 is 2.11 bits per heavy atom. The molecule has 0 bridgehead atoms. The molecular weight excluding hydrogens is 226 g/mol. The predicted octanol–water partition coefficient (Wildman–Crippen LogP) is 2.61. The highest BCUT2D eigenvalue weighted by molar-refractivity contribution is 6.22. The molecule has 0 atom stereocenters. The number of piperidine rings is 1. The van der Waals surface area contributed by atoms with Crippen molar-refractivity contribution in [1.82, 2.24) is 5.32 Å². The standard InChI is InChI=1S/C15H23NO2/c1-15(2,3)10-8-12(17)14(13(18)9-10)11-6-4-5-7-16-11/h10,16H,4-9H2,1-3H3. The maximum absolute atomic E-state index is 12.2. The molecule has 2 rings (SSSR count). The van der Waals surface area contributed by atoms with Gasteiger partial charge in [0, 0.05) is 25.1 Å². The first-order chi connectivity index (χ1) is 8.39. The van der Waals surface area contributed by atoms with Gasteiger partial charge in [-0.1, -0.05) is 20.8 Å². The molecular formula is C15H23NO2. The van der Waals surface area contributed by atoms with Crippen LogP contribution in [0.2, 0.25) is 0 Å². The lowest BCUT2D eigenvalue weighted by atomic mass is 9.70. The fourth-order valence-corrected chi connectivity index (χ4v) is 2.80. The Kier molecular flexibility index (Phi) is 3.60. The monoisotopic (exact) mass is 249 g/mol. The van der Waals surface area contributed by atoms with Crippen molar-refractivity contribution in [3.8, 4) is 0 Å². The molecule has 1 heterocycles. The van der Waals surface area contributed by atoms with Gasteiger partial charge in [-0.2, -0.15) is 0 Å². The Labute approximate surface area is 109 Å². The second kappa shape index (κ2) is 4.87. The molecule has 1 aliphatic heterocycles. The van der Waals surface area contributed by atoms with E-state index in [0.717, 1.165) is 31.5 Å². The number of hydrogen-bond donors (Lipinski definition) is 1. The first kappa shape index (κ1) is 13.3. The predicted molar refractivity (Wildman–Crippen MR) is 71.1 cm³/mol. The Hall–Kier alpha value is -1.12. The van der Waals surface area contributed by atoms with Crippen molar-refractivity contribution in [1.29, 1.82) is 0 Å². The molecule has 0 radical (unpaired) electrons. The number of Topliss-reactive ketones (excluding diaryl/α,β-unsaturated/α-hetero) is 2. The zero-order valence-electron chi connectivity index (χ0n) is 11.6. The quantitative estimate of drug-likeness (QED) is 0.530. The molecule has 1 aliphatic carbocycles. The van der Waals surface area contributed by atoms with Gasteiger partial charge in [0.25, 0.3) is 0 Å². The fourth-order valence-electron chi connectivity index (χ4n) is 2.80. The molecule has 0 unspecified atom stereocenters. The van der Waals surface area contributed by atoms with E-state index in [1.165, 1.54) is 0 Å². The summed E-state index contributed by atoms with van der Waals surface area (Å²) >= 11 is 0. The third-order valence-electron chi connectivity index (χ3n) is 4.14.